The molecule has 0 aliphatic heterocycles. The standard InChI is InChI=1S/C16H35N/c1-5-7-9-11-13-16(12-10-8-6-2)14-15-17(3)4/h16H,5-15H2,1-4H3. The van der Waals surface area contributed by atoms with E-state index in [9.17, 15) is 0 Å². The van der Waals surface area contributed by atoms with Gasteiger partial charge in [-0.25, -0.2) is 0 Å². The van der Waals surface area contributed by atoms with Crippen LogP contribution >= 0.6 is 0 Å². The molecule has 1 atom stereocenters. The first-order chi connectivity index (χ1) is 8.20. The topological polar surface area (TPSA) is 3.24 Å². The zero-order valence-electron chi connectivity index (χ0n) is 12.8. The molecule has 1 heteroatoms. The van der Waals surface area contributed by atoms with Crippen LogP contribution in [0.2, 0.25) is 0 Å². The second kappa shape index (κ2) is 12.4. The van der Waals surface area contributed by atoms with Crippen molar-refractivity contribution in [3.8, 4) is 0 Å². The molecular formula is C16H35N. The van der Waals surface area contributed by atoms with E-state index in [0.717, 1.165) is 5.92 Å². The minimum absolute atomic E-state index is 0.987. The lowest BCUT2D eigenvalue weighted by atomic mass is 9.92. The van der Waals surface area contributed by atoms with E-state index in [0.29, 0.717) is 0 Å². The molecule has 0 radical (unpaired) electrons. The van der Waals surface area contributed by atoms with Gasteiger partial charge in [0.25, 0.3) is 0 Å². The SMILES string of the molecule is CCCCCCC(CCCCC)CCN(C)C. The van der Waals surface area contributed by atoms with Crippen molar-refractivity contribution in [2.24, 2.45) is 5.92 Å². The first-order valence-electron chi connectivity index (χ1n) is 7.85. The van der Waals surface area contributed by atoms with Gasteiger partial charge in [-0.05, 0) is 33.0 Å². The van der Waals surface area contributed by atoms with Crippen LogP contribution in [0.5, 0.6) is 0 Å². The van der Waals surface area contributed by atoms with Crippen LogP contribution in [0.1, 0.15) is 78.1 Å². The first-order valence-corrected chi connectivity index (χ1v) is 7.85. The maximum atomic E-state index is 2.33. The molecule has 0 heterocycles. The maximum Gasteiger partial charge on any atom is -0.00222 e. The minimum atomic E-state index is 0.987. The largest absolute Gasteiger partial charge is 0.309 e. The predicted molar refractivity (Wildman–Crippen MR) is 79.6 cm³/mol. The van der Waals surface area contributed by atoms with Crippen molar-refractivity contribution >= 4 is 0 Å². The maximum absolute atomic E-state index is 2.33. The molecule has 17 heavy (non-hydrogen) atoms. The van der Waals surface area contributed by atoms with E-state index in [1.165, 1.54) is 70.8 Å². The highest BCUT2D eigenvalue weighted by Gasteiger charge is 2.08. The Hall–Kier alpha value is -0.0400. The summed E-state index contributed by atoms with van der Waals surface area (Å²) in [6.45, 7) is 5.87. The Morgan fingerprint density at radius 3 is 1.76 bits per heavy atom. The summed E-state index contributed by atoms with van der Waals surface area (Å²) in [7, 11) is 4.39. The van der Waals surface area contributed by atoms with Crippen molar-refractivity contribution in [1.29, 1.82) is 0 Å². The van der Waals surface area contributed by atoms with Gasteiger partial charge in [0.1, 0.15) is 0 Å². The Balaban J connectivity index is 3.67. The summed E-state index contributed by atoms with van der Waals surface area (Å²) in [5, 5.41) is 0. The van der Waals surface area contributed by atoms with Gasteiger partial charge in [0, 0.05) is 0 Å². The smallest absolute Gasteiger partial charge is 0.00222 e. The Labute approximate surface area is 110 Å². The molecule has 0 saturated heterocycles. The van der Waals surface area contributed by atoms with Crippen LogP contribution in [0.25, 0.3) is 0 Å². The van der Waals surface area contributed by atoms with Crippen LogP contribution in [-0.2, 0) is 0 Å². The first kappa shape index (κ1) is 17.0. The van der Waals surface area contributed by atoms with Gasteiger partial charge in [0.05, 0.1) is 0 Å². The molecule has 0 aliphatic carbocycles. The van der Waals surface area contributed by atoms with Crippen molar-refractivity contribution in [3.63, 3.8) is 0 Å². The summed E-state index contributed by atoms with van der Waals surface area (Å²) in [5.41, 5.74) is 0. The zero-order valence-corrected chi connectivity index (χ0v) is 12.8. The van der Waals surface area contributed by atoms with Gasteiger partial charge < -0.3 is 4.90 Å². The minimum Gasteiger partial charge on any atom is -0.309 e. The van der Waals surface area contributed by atoms with Gasteiger partial charge in [-0.15, -0.1) is 0 Å². The highest BCUT2D eigenvalue weighted by molar-refractivity contribution is 4.62. The third kappa shape index (κ3) is 12.2. The number of hydrogen-bond donors (Lipinski definition) is 0. The molecule has 0 spiro atoms. The van der Waals surface area contributed by atoms with Crippen molar-refractivity contribution in [2.45, 2.75) is 78.1 Å². The van der Waals surface area contributed by atoms with Crippen LogP contribution in [0.3, 0.4) is 0 Å². The van der Waals surface area contributed by atoms with E-state index < -0.39 is 0 Å². The average molecular weight is 241 g/mol. The van der Waals surface area contributed by atoms with Gasteiger partial charge in [-0.2, -0.15) is 0 Å². The van der Waals surface area contributed by atoms with Gasteiger partial charge in [0.2, 0.25) is 0 Å². The van der Waals surface area contributed by atoms with E-state index in [1.807, 2.05) is 0 Å². The average Bonchev–Trinajstić information content (AvgIpc) is 2.30. The number of unbranched alkanes of at least 4 members (excludes halogenated alkanes) is 5. The molecule has 0 aliphatic rings. The molecule has 0 amide bonds. The number of hydrogen-bond acceptors (Lipinski definition) is 1. The van der Waals surface area contributed by atoms with Crippen LogP contribution in [-0.4, -0.2) is 25.5 Å². The third-order valence-corrected chi connectivity index (χ3v) is 3.67. The van der Waals surface area contributed by atoms with E-state index >= 15 is 0 Å². The molecule has 104 valence electrons. The van der Waals surface area contributed by atoms with E-state index in [2.05, 4.69) is 32.8 Å². The Morgan fingerprint density at radius 2 is 1.24 bits per heavy atom. The van der Waals surface area contributed by atoms with Gasteiger partial charge in [-0.3, -0.25) is 0 Å². The Morgan fingerprint density at radius 1 is 0.706 bits per heavy atom. The molecule has 0 aromatic heterocycles. The normalized spacial score (nSPS) is 13.2. The summed E-state index contributed by atoms with van der Waals surface area (Å²) >= 11 is 0. The molecule has 0 fully saturated rings. The van der Waals surface area contributed by atoms with Crippen molar-refractivity contribution in [2.75, 3.05) is 20.6 Å². The molecule has 0 bridgehead atoms. The summed E-state index contributed by atoms with van der Waals surface area (Å²) in [6, 6.07) is 0. The van der Waals surface area contributed by atoms with Crippen LogP contribution in [0.4, 0.5) is 0 Å². The summed E-state index contributed by atoms with van der Waals surface area (Å²) in [6.07, 6.45) is 14.3. The van der Waals surface area contributed by atoms with E-state index in [4.69, 9.17) is 0 Å². The monoisotopic (exact) mass is 241 g/mol. The predicted octanol–water partition coefficient (Wildman–Crippen LogP) is 5.11. The zero-order chi connectivity index (χ0) is 12.9. The highest BCUT2D eigenvalue weighted by Crippen LogP contribution is 2.21. The lowest BCUT2D eigenvalue weighted by Gasteiger charge is -2.19. The fraction of sp³-hybridized carbons (Fsp3) is 1.00. The summed E-state index contributed by atoms with van der Waals surface area (Å²) in [5.74, 6) is 0.987. The lowest BCUT2D eigenvalue weighted by Crippen LogP contribution is -2.16. The Kier molecular flexibility index (Phi) is 12.4. The highest BCUT2D eigenvalue weighted by atomic mass is 15.0. The lowest BCUT2D eigenvalue weighted by molar-refractivity contribution is 0.315. The molecule has 1 nitrogen and oxygen atoms in total. The van der Waals surface area contributed by atoms with Crippen LogP contribution < -0.4 is 0 Å². The third-order valence-electron chi connectivity index (χ3n) is 3.67. The van der Waals surface area contributed by atoms with Gasteiger partial charge in [-0.1, -0.05) is 71.6 Å². The molecule has 0 saturated carbocycles. The molecular weight excluding hydrogens is 206 g/mol. The quantitative estimate of drug-likeness (QED) is 0.429. The summed E-state index contributed by atoms with van der Waals surface area (Å²) < 4.78 is 0. The van der Waals surface area contributed by atoms with Crippen LogP contribution in [0.15, 0.2) is 0 Å². The van der Waals surface area contributed by atoms with E-state index in [1.54, 1.807) is 0 Å². The fourth-order valence-electron chi connectivity index (χ4n) is 2.42. The molecule has 1 unspecified atom stereocenters. The van der Waals surface area contributed by atoms with Gasteiger partial charge in [0.15, 0.2) is 0 Å². The van der Waals surface area contributed by atoms with Crippen molar-refractivity contribution in [1.82, 2.24) is 4.90 Å². The molecule has 0 N–H and O–H groups in total. The Bertz CT molecular complexity index is 142. The number of nitrogens with zero attached hydrogens (tertiary/aromatic N) is 1. The molecule has 0 aromatic carbocycles. The van der Waals surface area contributed by atoms with Crippen molar-refractivity contribution < 1.29 is 0 Å². The van der Waals surface area contributed by atoms with Gasteiger partial charge >= 0.3 is 0 Å². The van der Waals surface area contributed by atoms with Crippen LogP contribution in [0, 0.1) is 5.92 Å². The second-order valence-corrected chi connectivity index (χ2v) is 5.80. The molecule has 0 rings (SSSR count). The van der Waals surface area contributed by atoms with E-state index in [-0.39, 0.29) is 0 Å². The van der Waals surface area contributed by atoms with Crippen molar-refractivity contribution in [3.05, 3.63) is 0 Å². The second-order valence-electron chi connectivity index (χ2n) is 5.80. The molecule has 0 aromatic rings. The number of rotatable bonds is 12. The summed E-state index contributed by atoms with van der Waals surface area (Å²) in [4.78, 5) is 2.33. The fourth-order valence-corrected chi connectivity index (χ4v) is 2.42.